The van der Waals surface area contributed by atoms with E-state index < -0.39 is 0 Å². The third-order valence-corrected chi connectivity index (χ3v) is 2.16. The summed E-state index contributed by atoms with van der Waals surface area (Å²) in [5, 5.41) is 9.49. The Morgan fingerprint density at radius 1 is 1.35 bits per heavy atom. The fraction of sp³-hybridized carbons (Fsp3) is 0.200. The summed E-state index contributed by atoms with van der Waals surface area (Å²) in [4.78, 5) is 19.6. The summed E-state index contributed by atoms with van der Waals surface area (Å²) in [5.74, 6) is 0.952. The molecule has 7 nitrogen and oxygen atoms in total. The number of rotatable bonds is 3. The second-order valence-electron chi connectivity index (χ2n) is 3.24. The molecule has 2 N–H and O–H groups in total. The van der Waals surface area contributed by atoms with Crippen molar-refractivity contribution in [2.75, 3.05) is 19.4 Å². The molecule has 0 fully saturated rings. The molecule has 2 rings (SSSR count). The Morgan fingerprint density at radius 2 is 2.18 bits per heavy atom. The number of hydrogen-bond donors (Lipinski definition) is 2. The maximum atomic E-state index is 11.3. The Bertz CT molecular complexity index is 535. The molecule has 0 aliphatic rings. The molecule has 0 aromatic carbocycles. The summed E-state index contributed by atoms with van der Waals surface area (Å²) < 4.78 is 1.50. The van der Waals surface area contributed by atoms with E-state index in [-0.39, 0.29) is 5.91 Å². The van der Waals surface area contributed by atoms with Crippen LogP contribution in [0.5, 0.6) is 0 Å². The van der Waals surface area contributed by atoms with Crippen molar-refractivity contribution in [1.82, 2.24) is 25.1 Å². The van der Waals surface area contributed by atoms with Crippen molar-refractivity contribution in [1.29, 1.82) is 0 Å². The van der Waals surface area contributed by atoms with Gasteiger partial charge in [0.1, 0.15) is 5.82 Å². The molecule has 2 heterocycles. The van der Waals surface area contributed by atoms with Crippen LogP contribution in [-0.4, -0.2) is 39.8 Å². The molecule has 0 aliphatic carbocycles. The molecule has 2 aromatic rings. The van der Waals surface area contributed by atoms with Crippen LogP contribution in [0.3, 0.4) is 0 Å². The van der Waals surface area contributed by atoms with Crippen molar-refractivity contribution in [2.24, 2.45) is 0 Å². The number of anilines is 1. The fourth-order valence-corrected chi connectivity index (χ4v) is 1.29. The van der Waals surface area contributed by atoms with Gasteiger partial charge in [0.25, 0.3) is 5.91 Å². The first kappa shape index (κ1) is 11.1. The van der Waals surface area contributed by atoms with Gasteiger partial charge in [0.2, 0.25) is 0 Å². The molecule has 0 bridgehead atoms. The highest BCUT2D eigenvalue weighted by Gasteiger charge is 2.08. The number of nitrogens with zero attached hydrogens (tertiary/aromatic N) is 4. The van der Waals surface area contributed by atoms with E-state index >= 15 is 0 Å². The lowest BCUT2D eigenvalue weighted by molar-refractivity contribution is 0.0957. The van der Waals surface area contributed by atoms with Gasteiger partial charge >= 0.3 is 0 Å². The minimum absolute atomic E-state index is 0.235. The molecule has 0 radical (unpaired) electrons. The highest BCUT2D eigenvalue weighted by molar-refractivity contribution is 5.91. The molecule has 0 saturated carbocycles. The average Bonchev–Trinajstić information content (AvgIpc) is 2.87. The first-order chi connectivity index (χ1) is 8.24. The molecule has 7 heteroatoms. The van der Waals surface area contributed by atoms with Crippen LogP contribution in [-0.2, 0) is 0 Å². The number of aromatic nitrogens is 4. The second-order valence-corrected chi connectivity index (χ2v) is 3.24. The van der Waals surface area contributed by atoms with Crippen molar-refractivity contribution in [3.05, 3.63) is 30.4 Å². The molecule has 17 heavy (non-hydrogen) atoms. The molecule has 0 spiro atoms. The predicted octanol–water partition coefficient (Wildman–Crippen LogP) is 0.0636. The first-order valence-corrected chi connectivity index (χ1v) is 5.02. The lowest BCUT2D eigenvalue weighted by Gasteiger charge is -2.02. The van der Waals surface area contributed by atoms with E-state index in [1.807, 2.05) is 0 Å². The quantitative estimate of drug-likeness (QED) is 0.782. The zero-order chi connectivity index (χ0) is 12.3. The summed E-state index contributed by atoms with van der Waals surface area (Å²) in [6, 6.07) is 1.62. The van der Waals surface area contributed by atoms with Crippen LogP contribution in [0.2, 0.25) is 0 Å². The largest absolute Gasteiger partial charge is 0.372 e. The van der Waals surface area contributed by atoms with E-state index in [2.05, 4.69) is 25.7 Å². The standard InChI is InChI=1S/C10H12N6O/c1-11-8-5-13-6-9(14-8)16-4-3-7(15-16)10(17)12-2/h3-6H,1-2H3,(H,11,14)(H,12,17). The van der Waals surface area contributed by atoms with Crippen molar-refractivity contribution in [3.8, 4) is 5.82 Å². The van der Waals surface area contributed by atoms with Crippen molar-refractivity contribution in [2.45, 2.75) is 0 Å². The van der Waals surface area contributed by atoms with Crippen LogP contribution in [0, 0.1) is 0 Å². The zero-order valence-electron chi connectivity index (χ0n) is 9.51. The van der Waals surface area contributed by atoms with Crippen molar-refractivity contribution < 1.29 is 4.79 Å². The van der Waals surface area contributed by atoms with Gasteiger partial charge in [-0.15, -0.1) is 0 Å². The molecule has 0 atom stereocenters. The summed E-state index contributed by atoms with van der Waals surface area (Å²) in [6.45, 7) is 0. The third kappa shape index (κ3) is 2.22. The maximum Gasteiger partial charge on any atom is 0.271 e. The Kier molecular flexibility index (Phi) is 2.99. The van der Waals surface area contributed by atoms with Gasteiger partial charge in [0, 0.05) is 20.3 Å². The van der Waals surface area contributed by atoms with Crippen LogP contribution in [0.4, 0.5) is 5.82 Å². The van der Waals surface area contributed by atoms with Crippen LogP contribution in [0.25, 0.3) is 5.82 Å². The number of carbonyl (C=O) groups excluding carboxylic acids is 1. The van der Waals surface area contributed by atoms with Crippen LogP contribution < -0.4 is 10.6 Å². The SMILES string of the molecule is CNC(=O)c1ccn(-c2cncc(NC)n2)n1. The molecular weight excluding hydrogens is 220 g/mol. The van der Waals surface area contributed by atoms with Gasteiger partial charge in [-0.3, -0.25) is 9.78 Å². The molecule has 2 aromatic heterocycles. The highest BCUT2D eigenvalue weighted by Crippen LogP contribution is 2.06. The van der Waals surface area contributed by atoms with E-state index in [1.54, 1.807) is 38.8 Å². The Labute approximate surface area is 97.9 Å². The zero-order valence-corrected chi connectivity index (χ0v) is 9.51. The van der Waals surface area contributed by atoms with Crippen molar-refractivity contribution in [3.63, 3.8) is 0 Å². The molecule has 1 amide bonds. The monoisotopic (exact) mass is 232 g/mol. The van der Waals surface area contributed by atoms with Gasteiger partial charge in [-0.25, -0.2) is 9.67 Å². The molecule has 0 saturated heterocycles. The molecular formula is C10H12N6O. The Morgan fingerprint density at radius 3 is 2.88 bits per heavy atom. The lowest BCUT2D eigenvalue weighted by Crippen LogP contribution is -2.18. The lowest BCUT2D eigenvalue weighted by atomic mass is 10.4. The van der Waals surface area contributed by atoms with Crippen LogP contribution in [0.15, 0.2) is 24.7 Å². The van der Waals surface area contributed by atoms with Gasteiger partial charge < -0.3 is 10.6 Å². The smallest absolute Gasteiger partial charge is 0.271 e. The summed E-state index contributed by atoms with van der Waals surface area (Å²) in [7, 11) is 3.32. The van der Waals surface area contributed by atoms with Gasteiger partial charge in [-0.05, 0) is 6.07 Å². The molecule has 0 unspecified atom stereocenters. The Balaban J connectivity index is 2.33. The van der Waals surface area contributed by atoms with Crippen LogP contribution in [0.1, 0.15) is 10.5 Å². The number of amides is 1. The summed E-state index contributed by atoms with van der Waals surface area (Å²) in [6.07, 6.45) is 4.84. The van der Waals surface area contributed by atoms with E-state index in [0.29, 0.717) is 17.3 Å². The van der Waals surface area contributed by atoms with Crippen molar-refractivity contribution >= 4 is 11.7 Å². The van der Waals surface area contributed by atoms with E-state index in [1.165, 1.54) is 4.68 Å². The second kappa shape index (κ2) is 4.60. The normalized spacial score (nSPS) is 10.0. The minimum atomic E-state index is -0.235. The van der Waals surface area contributed by atoms with E-state index in [9.17, 15) is 4.79 Å². The summed E-state index contributed by atoms with van der Waals surface area (Å²) >= 11 is 0. The van der Waals surface area contributed by atoms with Gasteiger partial charge in [0.15, 0.2) is 11.5 Å². The number of carbonyl (C=O) groups is 1. The summed E-state index contributed by atoms with van der Waals surface area (Å²) in [5.41, 5.74) is 0.337. The van der Waals surface area contributed by atoms with Gasteiger partial charge in [0.05, 0.1) is 12.4 Å². The van der Waals surface area contributed by atoms with Crippen LogP contribution >= 0.6 is 0 Å². The Hall–Kier alpha value is -2.44. The molecule has 88 valence electrons. The molecule has 0 aliphatic heterocycles. The topological polar surface area (TPSA) is 84.7 Å². The predicted molar refractivity (Wildman–Crippen MR) is 62.1 cm³/mol. The van der Waals surface area contributed by atoms with Gasteiger partial charge in [-0.1, -0.05) is 0 Å². The number of hydrogen-bond acceptors (Lipinski definition) is 5. The number of nitrogens with one attached hydrogen (secondary N) is 2. The maximum absolute atomic E-state index is 11.3. The average molecular weight is 232 g/mol. The third-order valence-electron chi connectivity index (χ3n) is 2.16. The van der Waals surface area contributed by atoms with E-state index in [0.717, 1.165) is 0 Å². The van der Waals surface area contributed by atoms with Gasteiger partial charge in [-0.2, -0.15) is 5.10 Å². The first-order valence-electron chi connectivity index (χ1n) is 5.02. The van der Waals surface area contributed by atoms with E-state index in [4.69, 9.17) is 0 Å². The minimum Gasteiger partial charge on any atom is -0.372 e. The highest BCUT2D eigenvalue weighted by atomic mass is 16.1. The fourth-order valence-electron chi connectivity index (χ4n) is 1.29.